The summed E-state index contributed by atoms with van der Waals surface area (Å²) in [5.74, 6) is -1.97. The van der Waals surface area contributed by atoms with Crippen LogP contribution in [0, 0.1) is 11.6 Å². The molecule has 25 heavy (non-hydrogen) atoms. The summed E-state index contributed by atoms with van der Waals surface area (Å²) in [5, 5.41) is 10.4. The third-order valence-electron chi connectivity index (χ3n) is 4.72. The molecule has 3 nitrogen and oxygen atoms in total. The molecule has 1 N–H and O–H groups in total. The van der Waals surface area contributed by atoms with Crippen molar-refractivity contribution in [2.75, 3.05) is 6.54 Å². The van der Waals surface area contributed by atoms with Gasteiger partial charge in [0.25, 0.3) is 0 Å². The molecular formula is C20H21F2NO2. The third kappa shape index (κ3) is 4.23. The number of likely N-dealkylation sites (tertiary alicyclic amines) is 1. The van der Waals surface area contributed by atoms with Crippen LogP contribution in [0.5, 0.6) is 0 Å². The van der Waals surface area contributed by atoms with E-state index in [-0.39, 0.29) is 18.4 Å². The summed E-state index contributed by atoms with van der Waals surface area (Å²) < 4.78 is 26.3. The Hall–Kier alpha value is -2.27. The van der Waals surface area contributed by atoms with Gasteiger partial charge in [0, 0.05) is 12.6 Å². The van der Waals surface area contributed by atoms with E-state index in [1.807, 2.05) is 30.3 Å². The first-order chi connectivity index (χ1) is 12.0. The Morgan fingerprint density at radius 3 is 2.64 bits per heavy atom. The minimum Gasteiger partial charge on any atom is -0.388 e. The molecule has 5 heteroatoms. The molecule has 2 aromatic rings. The van der Waals surface area contributed by atoms with E-state index in [1.165, 1.54) is 6.07 Å². The quantitative estimate of drug-likeness (QED) is 0.899. The van der Waals surface area contributed by atoms with Crippen LogP contribution in [0.3, 0.4) is 0 Å². The second-order valence-electron chi connectivity index (χ2n) is 6.47. The highest BCUT2D eigenvalue weighted by molar-refractivity contribution is 5.79. The lowest BCUT2D eigenvalue weighted by atomic mass is 10.00. The Labute approximate surface area is 145 Å². The topological polar surface area (TPSA) is 40.5 Å². The number of aliphatic hydroxyl groups is 1. The minimum absolute atomic E-state index is 0.0343. The third-order valence-corrected chi connectivity index (χ3v) is 4.72. The van der Waals surface area contributed by atoms with Crippen LogP contribution in [0.2, 0.25) is 0 Å². The molecule has 1 amide bonds. The number of rotatable bonds is 5. The van der Waals surface area contributed by atoms with Crippen molar-refractivity contribution in [1.82, 2.24) is 4.90 Å². The lowest BCUT2D eigenvalue weighted by molar-refractivity contribution is -0.131. The van der Waals surface area contributed by atoms with Gasteiger partial charge < -0.3 is 10.0 Å². The van der Waals surface area contributed by atoms with Crippen molar-refractivity contribution in [3.63, 3.8) is 0 Å². The summed E-state index contributed by atoms with van der Waals surface area (Å²) >= 11 is 0. The summed E-state index contributed by atoms with van der Waals surface area (Å²) in [5.41, 5.74) is 1.29. The molecule has 0 bridgehead atoms. The molecule has 1 saturated heterocycles. The molecule has 3 rings (SSSR count). The number of carbonyl (C=O) groups excluding carboxylic acids is 1. The monoisotopic (exact) mass is 345 g/mol. The molecule has 0 aliphatic carbocycles. The van der Waals surface area contributed by atoms with Crippen LogP contribution in [-0.2, 0) is 11.2 Å². The molecule has 0 radical (unpaired) electrons. The van der Waals surface area contributed by atoms with Crippen molar-refractivity contribution in [3.05, 3.63) is 71.3 Å². The number of halogens is 2. The highest BCUT2D eigenvalue weighted by Crippen LogP contribution is 2.28. The van der Waals surface area contributed by atoms with Crippen LogP contribution in [0.15, 0.2) is 48.5 Å². The predicted octanol–water partition coefficient (Wildman–Crippen LogP) is 3.62. The lowest BCUT2D eigenvalue weighted by Crippen LogP contribution is -2.37. The fourth-order valence-corrected chi connectivity index (χ4v) is 3.40. The van der Waals surface area contributed by atoms with Crippen LogP contribution < -0.4 is 0 Å². The number of benzene rings is 2. The number of carbonyl (C=O) groups is 1. The maximum Gasteiger partial charge on any atom is 0.227 e. The standard InChI is InChI=1S/C20H21F2NO2/c21-17-9-8-14(11-18(17)22)12-20(25)23-10-4-7-16(23)13-19(24)15-5-2-1-3-6-15/h1-3,5-6,8-9,11,16,19,24H,4,7,10,12-13H2. The zero-order valence-corrected chi connectivity index (χ0v) is 13.9. The van der Waals surface area contributed by atoms with Gasteiger partial charge in [-0.3, -0.25) is 4.79 Å². The molecule has 0 aromatic heterocycles. The number of amides is 1. The van der Waals surface area contributed by atoms with Gasteiger partial charge in [0.15, 0.2) is 11.6 Å². The summed E-state index contributed by atoms with van der Waals surface area (Å²) in [6, 6.07) is 12.9. The Bertz CT molecular complexity index is 736. The maximum atomic E-state index is 13.3. The maximum absolute atomic E-state index is 13.3. The van der Waals surface area contributed by atoms with E-state index in [9.17, 15) is 18.7 Å². The average Bonchev–Trinajstić information content (AvgIpc) is 3.07. The van der Waals surface area contributed by atoms with Crippen molar-refractivity contribution in [2.24, 2.45) is 0 Å². The smallest absolute Gasteiger partial charge is 0.227 e. The van der Waals surface area contributed by atoms with Gasteiger partial charge in [0.05, 0.1) is 12.5 Å². The van der Waals surface area contributed by atoms with Gasteiger partial charge in [-0.05, 0) is 42.5 Å². The van der Waals surface area contributed by atoms with E-state index >= 15 is 0 Å². The van der Waals surface area contributed by atoms with Gasteiger partial charge in [-0.25, -0.2) is 8.78 Å². The van der Waals surface area contributed by atoms with Gasteiger partial charge in [-0.1, -0.05) is 36.4 Å². The summed E-state index contributed by atoms with van der Waals surface area (Å²) in [6.07, 6.45) is 1.62. The van der Waals surface area contributed by atoms with Gasteiger partial charge in [0.2, 0.25) is 5.91 Å². The fraction of sp³-hybridized carbons (Fsp3) is 0.350. The van der Waals surface area contributed by atoms with E-state index in [0.29, 0.717) is 18.5 Å². The van der Waals surface area contributed by atoms with Crippen LogP contribution in [-0.4, -0.2) is 28.5 Å². The number of hydrogen-bond acceptors (Lipinski definition) is 2. The van der Waals surface area contributed by atoms with E-state index in [0.717, 1.165) is 30.5 Å². The Balaban J connectivity index is 1.64. The summed E-state index contributed by atoms with van der Waals surface area (Å²) in [6.45, 7) is 0.634. The van der Waals surface area contributed by atoms with Crippen molar-refractivity contribution >= 4 is 5.91 Å². The SMILES string of the molecule is O=C(Cc1ccc(F)c(F)c1)N1CCCC1CC(O)c1ccccc1. The number of hydrogen-bond donors (Lipinski definition) is 1. The van der Waals surface area contributed by atoms with E-state index < -0.39 is 17.7 Å². The predicted molar refractivity (Wildman–Crippen MR) is 90.8 cm³/mol. The van der Waals surface area contributed by atoms with Crippen LogP contribution in [0.25, 0.3) is 0 Å². The van der Waals surface area contributed by atoms with Gasteiger partial charge in [-0.15, -0.1) is 0 Å². The minimum atomic E-state index is -0.942. The first kappa shape index (κ1) is 17.5. The van der Waals surface area contributed by atoms with E-state index in [4.69, 9.17) is 0 Å². The molecule has 0 saturated carbocycles. The zero-order valence-electron chi connectivity index (χ0n) is 13.9. The number of aliphatic hydroxyl groups excluding tert-OH is 1. The zero-order chi connectivity index (χ0) is 17.8. The van der Waals surface area contributed by atoms with Crippen molar-refractivity contribution < 1.29 is 18.7 Å². The van der Waals surface area contributed by atoms with Crippen molar-refractivity contribution in [2.45, 2.75) is 37.8 Å². The first-order valence-corrected chi connectivity index (χ1v) is 8.51. The average molecular weight is 345 g/mol. The van der Waals surface area contributed by atoms with Crippen molar-refractivity contribution in [3.8, 4) is 0 Å². The molecule has 2 unspecified atom stereocenters. The molecule has 1 heterocycles. The second kappa shape index (κ2) is 7.74. The molecule has 2 atom stereocenters. The molecule has 1 fully saturated rings. The molecule has 0 spiro atoms. The highest BCUT2D eigenvalue weighted by Gasteiger charge is 2.30. The van der Waals surface area contributed by atoms with Crippen LogP contribution in [0.1, 0.15) is 36.5 Å². The lowest BCUT2D eigenvalue weighted by Gasteiger charge is -2.27. The first-order valence-electron chi connectivity index (χ1n) is 8.51. The fourth-order valence-electron chi connectivity index (χ4n) is 3.40. The molecule has 2 aromatic carbocycles. The normalized spacial score (nSPS) is 18.4. The molecule has 1 aliphatic rings. The van der Waals surface area contributed by atoms with Gasteiger partial charge >= 0.3 is 0 Å². The Morgan fingerprint density at radius 2 is 1.92 bits per heavy atom. The Morgan fingerprint density at radius 1 is 1.16 bits per heavy atom. The Kier molecular flexibility index (Phi) is 5.43. The summed E-state index contributed by atoms with van der Waals surface area (Å²) in [7, 11) is 0. The summed E-state index contributed by atoms with van der Waals surface area (Å²) in [4.78, 5) is 14.3. The molecule has 132 valence electrons. The van der Waals surface area contributed by atoms with E-state index in [1.54, 1.807) is 4.90 Å². The number of nitrogens with zero attached hydrogens (tertiary/aromatic N) is 1. The van der Waals surface area contributed by atoms with Crippen LogP contribution in [0.4, 0.5) is 8.78 Å². The largest absolute Gasteiger partial charge is 0.388 e. The van der Waals surface area contributed by atoms with Crippen molar-refractivity contribution in [1.29, 1.82) is 0 Å². The molecule has 1 aliphatic heterocycles. The second-order valence-corrected chi connectivity index (χ2v) is 6.47. The molecular weight excluding hydrogens is 324 g/mol. The van der Waals surface area contributed by atoms with E-state index in [2.05, 4.69) is 0 Å². The van der Waals surface area contributed by atoms with Gasteiger partial charge in [-0.2, -0.15) is 0 Å². The van der Waals surface area contributed by atoms with Gasteiger partial charge in [0.1, 0.15) is 0 Å². The van der Waals surface area contributed by atoms with Crippen LogP contribution >= 0.6 is 0 Å². The highest BCUT2D eigenvalue weighted by atomic mass is 19.2.